The van der Waals surface area contributed by atoms with Gasteiger partial charge < -0.3 is 26.2 Å². The molecule has 1 saturated heterocycles. The van der Waals surface area contributed by atoms with E-state index in [0.29, 0.717) is 16.1 Å². The summed E-state index contributed by atoms with van der Waals surface area (Å²) in [5, 5.41) is 0.802. The van der Waals surface area contributed by atoms with E-state index in [2.05, 4.69) is 14.8 Å². The van der Waals surface area contributed by atoms with Crippen molar-refractivity contribution in [2.75, 3.05) is 55.8 Å². The van der Waals surface area contributed by atoms with Gasteiger partial charge in [0.1, 0.15) is 9.71 Å². The van der Waals surface area contributed by atoms with Gasteiger partial charge in [-0.3, -0.25) is 9.59 Å². The van der Waals surface area contributed by atoms with Crippen molar-refractivity contribution in [1.29, 1.82) is 0 Å². The zero-order valence-electron chi connectivity index (χ0n) is 17.0. The molecule has 4 rings (SSSR count). The molecule has 4 N–H and O–H groups in total. The fraction of sp³-hybridized carbons (Fsp3) is 0.286. The van der Waals surface area contributed by atoms with Gasteiger partial charge in [-0.05, 0) is 30.3 Å². The Labute approximate surface area is 178 Å². The van der Waals surface area contributed by atoms with Crippen LogP contribution in [-0.4, -0.2) is 62.0 Å². The van der Waals surface area contributed by atoms with Crippen molar-refractivity contribution >= 4 is 50.4 Å². The predicted molar refractivity (Wildman–Crippen MR) is 121 cm³/mol. The minimum absolute atomic E-state index is 0.00300. The summed E-state index contributed by atoms with van der Waals surface area (Å²) in [5.74, 6) is -0.529. The van der Waals surface area contributed by atoms with Crippen LogP contribution in [0, 0.1) is 0 Å². The zero-order chi connectivity index (χ0) is 21.4. The minimum Gasteiger partial charge on any atom is -0.397 e. The number of carbonyl (C=O) groups excluding carboxylic acids is 2. The second-order valence-corrected chi connectivity index (χ2v) is 8.44. The van der Waals surface area contributed by atoms with E-state index in [9.17, 15) is 9.59 Å². The van der Waals surface area contributed by atoms with Gasteiger partial charge in [0.15, 0.2) is 0 Å². The minimum atomic E-state index is -0.525. The number of aromatic nitrogens is 1. The third kappa shape index (κ3) is 3.52. The van der Waals surface area contributed by atoms with E-state index >= 15 is 0 Å². The van der Waals surface area contributed by atoms with E-state index in [0.717, 1.165) is 47.8 Å². The second kappa shape index (κ2) is 7.83. The normalized spacial score (nSPS) is 14.2. The zero-order valence-corrected chi connectivity index (χ0v) is 17.8. The van der Waals surface area contributed by atoms with Gasteiger partial charge in [0, 0.05) is 57.7 Å². The van der Waals surface area contributed by atoms with Crippen LogP contribution in [0.25, 0.3) is 10.2 Å². The first-order valence-corrected chi connectivity index (χ1v) is 10.5. The summed E-state index contributed by atoms with van der Waals surface area (Å²) < 4.78 is 0. The monoisotopic (exact) mass is 424 g/mol. The number of primary amides is 1. The number of nitrogens with two attached hydrogens (primary N) is 2. The number of benzene rings is 1. The molecule has 1 fully saturated rings. The summed E-state index contributed by atoms with van der Waals surface area (Å²) in [4.78, 5) is 35.3. The van der Waals surface area contributed by atoms with Crippen LogP contribution in [0.15, 0.2) is 36.5 Å². The highest BCUT2D eigenvalue weighted by Gasteiger charge is 2.23. The van der Waals surface area contributed by atoms with Crippen LogP contribution in [-0.2, 0) is 0 Å². The van der Waals surface area contributed by atoms with Crippen LogP contribution in [0.3, 0.4) is 0 Å². The van der Waals surface area contributed by atoms with Crippen LogP contribution >= 0.6 is 11.3 Å². The Balaban J connectivity index is 1.51. The van der Waals surface area contributed by atoms with Crippen molar-refractivity contribution in [1.82, 2.24) is 9.88 Å². The van der Waals surface area contributed by atoms with E-state index < -0.39 is 5.91 Å². The third-order valence-corrected chi connectivity index (χ3v) is 6.46. The average molecular weight is 425 g/mol. The number of carbonyl (C=O) groups is 2. The van der Waals surface area contributed by atoms with Gasteiger partial charge in [-0.2, -0.15) is 0 Å². The Hall–Kier alpha value is -3.33. The van der Waals surface area contributed by atoms with Crippen LogP contribution in [0.5, 0.6) is 0 Å². The van der Waals surface area contributed by atoms with Gasteiger partial charge >= 0.3 is 0 Å². The predicted octanol–water partition coefficient (Wildman–Crippen LogP) is 2.01. The lowest BCUT2D eigenvalue weighted by Gasteiger charge is -2.37. The van der Waals surface area contributed by atoms with Gasteiger partial charge in [-0.1, -0.05) is 0 Å². The Kier molecular flexibility index (Phi) is 5.21. The molecule has 0 unspecified atom stereocenters. The van der Waals surface area contributed by atoms with Crippen molar-refractivity contribution in [3.8, 4) is 0 Å². The third-order valence-electron chi connectivity index (χ3n) is 5.34. The lowest BCUT2D eigenvalue weighted by Crippen LogP contribution is -2.46. The maximum Gasteiger partial charge on any atom is 0.260 e. The van der Waals surface area contributed by atoms with E-state index in [1.54, 1.807) is 25.2 Å². The van der Waals surface area contributed by atoms with E-state index in [4.69, 9.17) is 11.5 Å². The summed E-state index contributed by atoms with van der Waals surface area (Å²) in [7, 11) is 3.50. The number of rotatable bonds is 4. The molecular weight excluding hydrogens is 400 g/mol. The standard InChI is InChI=1S/C21H24N6O2S/c1-25(2)21(29)13-3-5-14(6-4-13)26-9-11-27(12-10-26)15-7-8-24-20-16(15)17(22)18(30-20)19(23)28/h3-8H,9-12,22H2,1-2H3,(H2,23,28). The SMILES string of the molecule is CN(C)C(=O)c1ccc(N2CCN(c3ccnc4sc(C(N)=O)c(N)c34)CC2)cc1. The molecule has 8 nitrogen and oxygen atoms in total. The van der Waals surface area contributed by atoms with Crippen LogP contribution < -0.4 is 21.3 Å². The summed E-state index contributed by atoms with van der Waals surface area (Å²) in [6, 6.07) is 9.66. The van der Waals surface area contributed by atoms with Gasteiger partial charge in [0.05, 0.1) is 16.8 Å². The Morgan fingerprint density at radius 3 is 2.27 bits per heavy atom. The fourth-order valence-corrected chi connectivity index (χ4v) is 4.69. The molecule has 0 radical (unpaired) electrons. The van der Waals surface area contributed by atoms with Gasteiger partial charge in [-0.15, -0.1) is 11.3 Å². The molecule has 3 aromatic rings. The van der Waals surface area contributed by atoms with Crippen molar-refractivity contribution in [2.45, 2.75) is 0 Å². The number of anilines is 3. The molecule has 0 aliphatic carbocycles. The number of thiophene rings is 1. The molecule has 1 aliphatic heterocycles. The summed E-state index contributed by atoms with van der Waals surface area (Å²) >= 11 is 1.23. The highest BCUT2D eigenvalue weighted by atomic mass is 32.1. The molecular formula is C21H24N6O2S. The molecule has 0 atom stereocenters. The van der Waals surface area contributed by atoms with Gasteiger partial charge in [-0.25, -0.2) is 4.98 Å². The number of nitrogen functional groups attached to an aromatic ring is 1. The summed E-state index contributed by atoms with van der Waals surface area (Å²) in [6.07, 6.45) is 1.74. The van der Waals surface area contributed by atoms with Crippen molar-refractivity contribution in [2.24, 2.45) is 5.73 Å². The first-order valence-electron chi connectivity index (χ1n) is 9.65. The van der Waals surface area contributed by atoms with E-state index in [1.807, 2.05) is 30.3 Å². The molecule has 0 saturated carbocycles. The van der Waals surface area contributed by atoms with Crippen LogP contribution in [0.1, 0.15) is 20.0 Å². The van der Waals surface area contributed by atoms with Gasteiger partial charge in [0.25, 0.3) is 11.8 Å². The number of amides is 2. The van der Waals surface area contributed by atoms with E-state index in [-0.39, 0.29) is 5.91 Å². The van der Waals surface area contributed by atoms with E-state index in [1.165, 1.54) is 11.3 Å². The number of nitrogens with zero attached hydrogens (tertiary/aromatic N) is 4. The molecule has 2 amide bonds. The van der Waals surface area contributed by atoms with Gasteiger partial charge in [0.2, 0.25) is 0 Å². The largest absolute Gasteiger partial charge is 0.397 e. The molecule has 156 valence electrons. The Morgan fingerprint density at radius 2 is 1.67 bits per heavy atom. The fourth-order valence-electron chi connectivity index (χ4n) is 3.75. The Bertz CT molecular complexity index is 1100. The van der Waals surface area contributed by atoms with Crippen molar-refractivity contribution < 1.29 is 9.59 Å². The number of hydrogen-bond donors (Lipinski definition) is 2. The maximum atomic E-state index is 12.1. The Morgan fingerprint density at radius 1 is 1.03 bits per heavy atom. The smallest absolute Gasteiger partial charge is 0.260 e. The second-order valence-electron chi connectivity index (χ2n) is 7.44. The quantitative estimate of drug-likeness (QED) is 0.663. The number of fused-ring (bicyclic) bond motifs is 1. The highest BCUT2D eigenvalue weighted by molar-refractivity contribution is 7.21. The van der Waals surface area contributed by atoms with Crippen molar-refractivity contribution in [3.63, 3.8) is 0 Å². The summed E-state index contributed by atoms with van der Waals surface area (Å²) in [6.45, 7) is 3.27. The lowest BCUT2D eigenvalue weighted by molar-refractivity contribution is 0.0827. The van der Waals surface area contributed by atoms with Crippen LogP contribution in [0.4, 0.5) is 17.1 Å². The maximum absolute atomic E-state index is 12.1. The molecule has 9 heteroatoms. The molecule has 2 aromatic heterocycles. The first-order chi connectivity index (χ1) is 14.4. The number of hydrogen-bond acceptors (Lipinski definition) is 7. The summed E-state index contributed by atoms with van der Waals surface area (Å²) in [5.41, 5.74) is 14.8. The topological polar surface area (TPSA) is 109 Å². The molecule has 0 bridgehead atoms. The van der Waals surface area contributed by atoms with Crippen LogP contribution in [0.2, 0.25) is 0 Å². The van der Waals surface area contributed by atoms with Crippen molar-refractivity contribution in [3.05, 3.63) is 47.0 Å². The average Bonchev–Trinajstić information content (AvgIpc) is 3.10. The molecule has 30 heavy (non-hydrogen) atoms. The first kappa shape index (κ1) is 20.0. The molecule has 3 heterocycles. The molecule has 0 spiro atoms. The molecule has 1 aromatic carbocycles. The lowest BCUT2D eigenvalue weighted by atomic mass is 10.1. The number of piperazine rings is 1. The highest BCUT2D eigenvalue weighted by Crippen LogP contribution is 2.38. The molecule has 1 aliphatic rings. The number of pyridine rings is 1.